The molecule has 1 N–H and O–H groups in total. The quantitative estimate of drug-likeness (QED) is 0.869. The predicted octanol–water partition coefficient (Wildman–Crippen LogP) is 2.33. The summed E-state index contributed by atoms with van der Waals surface area (Å²) in [5, 5.41) is 9.21. The molecule has 3 rings (SSSR count). The summed E-state index contributed by atoms with van der Waals surface area (Å²) in [6.45, 7) is 3.67. The Morgan fingerprint density at radius 2 is 2.11 bits per heavy atom. The Bertz CT molecular complexity index is 471. The molecule has 1 saturated heterocycles. The van der Waals surface area contributed by atoms with Crippen LogP contribution in [-0.2, 0) is 11.2 Å². The number of fused-ring (bicyclic) bond motifs is 1. The first-order valence-electron chi connectivity index (χ1n) is 6.71. The van der Waals surface area contributed by atoms with Gasteiger partial charge in [-0.3, -0.25) is 9.69 Å². The van der Waals surface area contributed by atoms with Crippen LogP contribution in [0.15, 0.2) is 24.3 Å². The van der Waals surface area contributed by atoms with E-state index in [0.29, 0.717) is 12.6 Å². The molecule has 0 radical (unpaired) electrons. The monoisotopic (exact) mass is 245 g/mol. The molecule has 1 aromatic rings. The normalized spacial score (nSPS) is 31.5. The fraction of sp³-hybridized carbons (Fsp3) is 0.533. The Balaban J connectivity index is 1.80. The van der Waals surface area contributed by atoms with E-state index in [9.17, 15) is 9.90 Å². The van der Waals surface area contributed by atoms with Crippen molar-refractivity contribution in [2.75, 3.05) is 13.1 Å². The molecule has 0 aromatic heterocycles. The van der Waals surface area contributed by atoms with Gasteiger partial charge < -0.3 is 5.11 Å². The first kappa shape index (κ1) is 11.7. The molecule has 0 spiro atoms. The molecule has 0 amide bonds. The van der Waals surface area contributed by atoms with Gasteiger partial charge in [-0.2, -0.15) is 0 Å². The van der Waals surface area contributed by atoms with Gasteiger partial charge in [-0.1, -0.05) is 31.2 Å². The Morgan fingerprint density at radius 1 is 1.33 bits per heavy atom. The molecule has 96 valence electrons. The van der Waals surface area contributed by atoms with Crippen molar-refractivity contribution in [3.63, 3.8) is 0 Å². The van der Waals surface area contributed by atoms with Crippen molar-refractivity contribution in [1.82, 2.24) is 4.90 Å². The SMILES string of the molecule is CC1CN(C2CCc3ccccc32)CC1C(=O)O. The largest absolute Gasteiger partial charge is 0.481 e. The predicted molar refractivity (Wildman–Crippen MR) is 69.4 cm³/mol. The first-order chi connectivity index (χ1) is 8.66. The number of hydrogen-bond donors (Lipinski definition) is 1. The van der Waals surface area contributed by atoms with Crippen molar-refractivity contribution in [3.05, 3.63) is 35.4 Å². The van der Waals surface area contributed by atoms with Crippen LogP contribution in [0, 0.1) is 11.8 Å². The molecule has 1 aromatic carbocycles. The second-order valence-electron chi connectivity index (χ2n) is 5.63. The van der Waals surface area contributed by atoms with Gasteiger partial charge in [-0.25, -0.2) is 0 Å². The third-order valence-corrected chi connectivity index (χ3v) is 4.50. The molecule has 3 atom stereocenters. The number of aryl methyl sites for hydroxylation is 1. The third kappa shape index (κ3) is 1.83. The Morgan fingerprint density at radius 3 is 2.83 bits per heavy atom. The summed E-state index contributed by atoms with van der Waals surface area (Å²) in [7, 11) is 0. The van der Waals surface area contributed by atoms with Crippen LogP contribution in [0.4, 0.5) is 0 Å². The molecular weight excluding hydrogens is 226 g/mol. The van der Waals surface area contributed by atoms with Gasteiger partial charge in [-0.05, 0) is 29.9 Å². The van der Waals surface area contributed by atoms with E-state index in [1.807, 2.05) is 0 Å². The average Bonchev–Trinajstić information content (AvgIpc) is 2.92. The summed E-state index contributed by atoms with van der Waals surface area (Å²) in [4.78, 5) is 13.6. The summed E-state index contributed by atoms with van der Waals surface area (Å²) in [6.07, 6.45) is 2.27. The van der Waals surface area contributed by atoms with Crippen molar-refractivity contribution in [2.45, 2.75) is 25.8 Å². The highest BCUT2D eigenvalue weighted by molar-refractivity contribution is 5.71. The fourth-order valence-electron chi connectivity index (χ4n) is 3.49. The highest BCUT2D eigenvalue weighted by atomic mass is 16.4. The lowest BCUT2D eigenvalue weighted by Crippen LogP contribution is -2.26. The summed E-state index contributed by atoms with van der Waals surface area (Å²) >= 11 is 0. The van der Waals surface area contributed by atoms with E-state index in [2.05, 4.69) is 36.1 Å². The molecule has 3 heteroatoms. The van der Waals surface area contributed by atoms with Crippen molar-refractivity contribution in [1.29, 1.82) is 0 Å². The van der Waals surface area contributed by atoms with Crippen LogP contribution in [0.2, 0.25) is 0 Å². The van der Waals surface area contributed by atoms with Gasteiger partial charge in [0.1, 0.15) is 0 Å². The van der Waals surface area contributed by atoms with Crippen LogP contribution in [0.25, 0.3) is 0 Å². The first-order valence-corrected chi connectivity index (χ1v) is 6.71. The van der Waals surface area contributed by atoms with Gasteiger partial charge in [0.2, 0.25) is 0 Å². The molecular formula is C15H19NO2. The van der Waals surface area contributed by atoms with E-state index < -0.39 is 5.97 Å². The fourth-order valence-corrected chi connectivity index (χ4v) is 3.49. The minimum atomic E-state index is -0.642. The summed E-state index contributed by atoms with van der Waals surface area (Å²) in [5.74, 6) is -0.579. The number of aliphatic carboxylic acids is 1. The lowest BCUT2D eigenvalue weighted by molar-refractivity contribution is -0.142. The van der Waals surface area contributed by atoms with E-state index in [-0.39, 0.29) is 11.8 Å². The van der Waals surface area contributed by atoms with Crippen LogP contribution in [-0.4, -0.2) is 29.1 Å². The maximum Gasteiger partial charge on any atom is 0.308 e. The highest BCUT2D eigenvalue weighted by Crippen LogP contribution is 2.39. The maximum absolute atomic E-state index is 11.2. The van der Waals surface area contributed by atoms with Crippen LogP contribution >= 0.6 is 0 Å². The second kappa shape index (κ2) is 4.39. The zero-order chi connectivity index (χ0) is 12.7. The second-order valence-corrected chi connectivity index (χ2v) is 5.63. The number of nitrogens with zero attached hydrogens (tertiary/aromatic N) is 1. The molecule has 3 unspecified atom stereocenters. The van der Waals surface area contributed by atoms with Gasteiger partial charge in [-0.15, -0.1) is 0 Å². The third-order valence-electron chi connectivity index (χ3n) is 4.50. The van der Waals surface area contributed by atoms with Crippen LogP contribution < -0.4 is 0 Å². The van der Waals surface area contributed by atoms with E-state index in [1.54, 1.807) is 0 Å². The number of carboxylic acid groups (broad SMARTS) is 1. The molecule has 1 heterocycles. The number of hydrogen-bond acceptors (Lipinski definition) is 2. The molecule has 2 aliphatic rings. The van der Waals surface area contributed by atoms with Crippen molar-refractivity contribution < 1.29 is 9.90 Å². The molecule has 0 saturated carbocycles. The Labute approximate surface area is 107 Å². The number of carboxylic acids is 1. The Kier molecular flexibility index (Phi) is 2.86. The van der Waals surface area contributed by atoms with E-state index in [0.717, 1.165) is 19.4 Å². The number of benzene rings is 1. The van der Waals surface area contributed by atoms with Crippen LogP contribution in [0.1, 0.15) is 30.5 Å². The van der Waals surface area contributed by atoms with E-state index in [1.165, 1.54) is 11.1 Å². The lowest BCUT2D eigenvalue weighted by Gasteiger charge is -2.24. The summed E-state index contributed by atoms with van der Waals surface area (Å²) in [5.41, 5.74) is 2.85. The van der Waals surface area contributed by atoms with Crippen LogP contribution in [0.5, 0.6) is 0 Å². The van der Waals surface area contributed by atoms with Gasteiger partial charge in [0.15, 0.2) is 0 Å². The van der Waals surface area contributed by atoms with Gasteiger partial charge in [0.05, 0.1) is 5.92 Å². The summed E-state index contributed by atoms with van der Waals surface area (Å²) in [6, 6.07) is 9.02. The smallest absolute Gasteiger partial charge is 0.308 e. The molecule has 3 nitrogen and oxygen atoms in total. The van der Waals surface area contributed by atoms with Crippen molar-refractivity contribution in [3.8, 4) is 0 Å². The molecule has 1 aliphatic carbocycles. The number of carbonyl (C=O) groups is 1. The van der Waals surface area contributed by atoms with Gasteiger partial charge >= 0.3 is 5.97 Å². The maximum atomic E-state index is 11.2. The zero-order valence-corrected chi connectivity index (χ0v) is 10.7. The lowest BCUT2D eigenvalue weighted by atomic mass is 9.99. The molecule has 0 bridgehead atoms. The minimum Gasteiger partial charge on any atom is -0.481 e. The van der Waals surface area contributed by atoms with Gasteiger partial charge in [0.25, 0.3) is 0 Å². The van der Waals surface area contributed by atoms with Gasteiger partial charge in [0, 0.05) is 19.1 Å². The molecule has 1 aliphatic heterocycles. The molecule has 18 heavy (non-hydrogen) atoms. The zero-order valence-electron chi connectivity index (χ0n) is 10.7. The number of rotatable bonds is 2. The average molecular weight is 245 g/mol. The van der Waals surface area contributed by atoms with E-state index >= 15 is 0 Å². The summed E-state index contributed by atoms with van der Waals surface area (Å²) < 4.78 is 0. The van der Waals surface area contributed by atoms with E-state index in [4.69, 9.17) is 0 Å². The van der Waals surface area contributed by atoms with Crippen molar-refractivity contribution in [2.24, 2.45) is 11.8 Å². The van der Waals surface area contributed by atoms with Crippen LogP contribution in [0.3, 0.4) is 0 Å². The minimum absolute atomic E-state index is 0.197. The van der Waals surface area contributed by atoms with Crippen molar-refractivity contribution >= 4 is 5.97 Å². The molecule has 1 fully saturated rings. The standard InChI is InChI=1S/C15H19NO2/c1-10-8-16(9-13(10)15(17)18)14-7-6-11-4-2-3-5-12(11)14/h2-5,10,13-14H,6-9H2,1H3,(H,17,18). The number of likely N-dealkylation sites (tertiary alicyclic amines) is 1. The Hall–Kier alpha value is -1.35. The topological polar surface area (TPSA) is 40.5 Å². The highest BCUT2D eigenvalue weighted by Gasteiger charge is 2.39.